The van der Waals surface area contributed by atoms with E-state index in [1.807, 2.05) is 0 Å². The summed E-state index contributed by atoms with van der Waals surface area (Å²) in [5.74, 6) is -1.77. The van der Waals surface area contributed by atoms with Gasteiger partial charge in [-0.1, -0.05) is 0 Å². The average molecular weight is 507 g/mol. The minimum atomic E-state index is -3.00. The number of fused-ring (bicyclic) bond motifs is 1. The minimum Gasteiger partial charge on any atom is -0.487 e. The van der Waals surface area contributed by atoms with Crippen LogP contribution in [0.1, 0.15) is 22.5 Å². The van der Waals surface area contributed by atoms with E-state index in [9.17, 15) is 36.9 Å². The van der Waals surface area contributed by atoms with Crippen molar-refractivity contribution < 1.29 is 36.4 Å². The third kappa shape index (κ3) is 5.21. The molecular formula is C22H14F5N5O4. The van der Waals surface area contributed by atoms with Gasteiger partial charge in [-0.25, -0.2) is 31.5 Å². The molecule has 0 saturated carbocycles. The second-order valence-electron chi connectivity index (χ2n) is 7.30. The number of rotatable bonds is 8. The summed E-state index contributed by atoms with van der Waals surface area (Å²) in [5, 5.41) is 17.3. The van der Waals surface area contributed by atoms with Crippen molar-refractivity contribution in [2.75, 3.05) is 11.9 Å². The number of nitrogens with one attached hydrogen (secondary N) is 1. The molecule has 0 aliphatic heterocycles. The number of nitro groups is 1. The molecule has 2 aromatic heterocycles. The van der Waals surface area contributed by atoms with E-state index in [1.165, 1.54) is 12.1 Å². The van der Waals surface area contributed by atoms with Crippen LogP contribution in [-0.4, -0.2) is 38.5 Å². The molecule has 0 fully saturated rings. The van der Waals surface area contributed by atoms with Crippen LogP contribution < -0.4 is 10.1 Å². The van der Waals surface area contributed by atoms with Crippen molar-refractivity contribution in [3.05, 3.63) is 81.9 Å². The first-order valence-electron chi connectivity index (χ1n) is 10.1. The number of carbonyl (C=O) groups is 1. The van der Waals surface area contributed by atoms with Crippen molar-refractivity contribution in [1.82, 2.24) is 14.6 Å². The van der Waals surface area contributed by atoms with Gasteiger partial charge in [0, 0.05) is 17.7 Å². The number of benzene rings is 2. The van der Waals surface area contributed by atoms with Crippen molar-refractivity contribution in [3.63, 3.8) is 0 Å². The molecule has 14 heteroatoms. The van der Waals surface area contributed by atoms with E-state index in [2.05, 4.69) is 15.4 Å². The van der Waals surface area contributed by atoms with Crippen molar-refractivity contribution in [3.8, 4) is 17.0 Å². The highest BCUT2D eigenvalue weighted by Gasteiger charge is 2.22. The number of nitrogens with zero attached hydrogens (tertiary/aromatic N) is 4. The van der Waals surface area contributed by atoms with Crippen LogP contribution in [0.5, 0.6) is 5.75 Å². The Morgan fingerprint density at radius 1 is 1.11 bits per heavy atom. The van der Waals surface area contributed by atoms with Gasteiger partial charge in [0.05, 0.1) is 28.6 Å². The Morgan fingerprint density at radius 3 is 2.47 bits per heavy atom. The van der Waals surface area contributed by atoms with Gasteiger partial charge >= 0.3 is 0 Å². The van der Waals surface area contributed by atoms with Gasteiger partial charge in [0.15, 0.2) is 5.65 Å². The van der Waals surface area contributed by atoms with Crippen LogP contribution in [0.2, 0.25) is 0 Å². The second-order valence-corrected chi connectivity index (χ2v) is 7.30. The first kappa shape index (κ1) is 24.5. The van der Waals surface area contributed by atoms with E-state index in [1.54, 1.807) is 0 Å². The number of hydrogen-bond donors (Lipinski definition) is 1. The summed E-state index contributed by atoms with van der Waals surface area (Å²) in [4.78, 5) is 27.6. The fourth-order valence-electron chi connectivity index (χ4n) is 3.27. The van der Waals surface area contributed by atoms with Crippen LogP contribution >= 0.6 is 0 Å². The monoisotopic (exact) mass is 507 g/mol. The number of amides is 1. The number of ether oxygens (including phenoxy) is 1. The number of carbonyl (C=O) groups excluding carboxylic acids is 1. The van der Waals surface area contributed by atoms with E-state index in [4.69, 9.17) is 4.74 Å². The predicted molar refractivity (Wildman–Crippen MR) is 116 cm³/mol. The lowest BCUT2D eigenvalue weighted by Crippen LogP contribution is -2.13. The molecule has 1 N–H and O–H groups in total. The van der Waals surface area contributed by atoms with Gasteiger partial charge in [0.1, 0.15) is 29.4 Å². The molecule has 0 spiro atoms. The van der Waals surface area contributed by atoms with Gasteiger partial charge in [-0.05, 0) is 30.3 Å². The lowest BCUT2D eigenvalue weighted by molar-refractivity contribution is -0.384. The molecule has 0 radical (unpaired) electrons. The summed E-state index contributed by atoms with van der Waals surface area (Å²) in [6, 6.07) is 8.87. The van der Waals surface area contributed by atoms with Crippen LogP contribution in [0, 0.1) is 15.9 Å². The van der Waals surface area contributed by atoms with Gasteiger partial charge < -0.3 is 10.1 Å². The van der Waals surface area contributed by atoms with Gasteiger partial charge in [0.2, 0.25) is 0 Å². The van der Waals surface area contributed by atoms with Gasteiger partial charge in [0.25, 0.3) is 24.4 Å². The lowest BCUT2D eigenvalue weighted by atomic mass is 10.1. The van der Waals surface area contributed by atoms with Crippen LogP contribution in [0.3, 0.4) is 0 Å². The van der Waals surface area contributed by atoms with Gasteiger partial charge in [-0.2, -0.15) is 5.10 Å². The Morgan fingerprint density at radius 2 is 1.83 bits per heavy atom. The van der Waals surface area contributed by atoms with Gasteiger partial charge in [-0.15, -0.1) is 0 Å². The molecule has 0 saturated heterocycles. The molecule has 4 rings (SSSR count). The maximum atomic E-state index is 13.7. The number of aromatic nitrogens is 3. The van der Waals surface area contributed by atoms with Crippen LogP contribution in [0.4, 0.5) is 33.3 Å². The smallest absolute Gasteiger partial charge is 0.280 e. The fraction of sp³-hybridized carbons (Fsp3) is 0.136. The number of halogens is 5. The van der Waals surface area contributed by atoms with Crippen molar-refractivity contribution in [2.24, 2.45) is 0 Å². The van der Waals surface area contributed by atoms with Crippen molar-refractivity contribution >= 4 is 22.9 Å². The molecule has 36 heavy (non-hydrogen) atoms. The summed E-state index contributed by atoms with van der Waals surface area (Å²) >= 11 is 0. The highest BCUT2D eigenvalue weighted by molar-refractivity contribution is 6.08. The topological polar surface area (TPSA) is 112 Å². The fourth-order valence-corrected chi connectivity index (χ4v) is 3.27. The second kappa shape index (κ2) is 9.93. The Hall–Kier alpha value is -4.62. The molecular weight excluding hydrogens is 493 g/mol. The van der Waals surface area contributed by atoms with E-state index in [0.29, 0.717) is 5.56 Å². The molecule has 0 unspecified atom stereocenters. The zero-order chi connectivity index (χ0) is 26.0. The van der Waals surface area contributed by atoms with E-state index in [0.717, 1.165) is 47.1 Å². The van der Waals surface area contributed by atoms with Crippen LogP contribution in [0.25, 0.3) is 16.9 Å². The molecule has 4 aromatic rings. The highest BCUT2D eigenvalue weighted by Crippen LogP contribution is 2.29. The van der Waals surface area contributed by atoms with E-state index >= 15 is 0 Å². The largest absolute Gasteiger partial charge is 0.487 e. The van der Waals surface area contributed by atoms with Crippen LogP contribution in [0.15, 0.2) is 54.7 Å². The number of nitro benzene ring substituents is 1. The summed E-state index contributed by atoms with van der Waals surface area (Å²) in [7, 11) is 0. The predicted octanol–water partition coefficient (Wildman–Crippen LogP) is 5.28. The zero-order valence-corrected chi connectivity index (χ0v) is 17.9. The summed E-state index contributed by atoms with van der Waals surface area (Å²) in [5.41, 5.74) is -1.52. The summed E-state index contributed by atoms with van der Waals surface area (Å²) in [6.45, 7) is -1.03. The number of anilines is 1. The maximum Gasteiger partial charge on any atom is 0.280 e. The molecule has 9 nitrogen and oxygen atoms in total. The Bertz CT molecular complexity index is 1440. The Kier molecular flexibility index (Phi) is 6.76. The Balaban J connectivity index is 1.73. The Labute approximate surface area is 198 Å². The first-order chi connectivity index (χ1) is 17.1. The third-order valence-corrected chi connectivity index (χ3v) is 4.84. The quantitative estimate of drug-likeness (QED) is 0.197. The van der Waals surface area contributed by atoms with Crippen molar-refractivity contribution in [1.29, 1.82) is 0 Å². The lowest BCUT2D eigenvalue weighted by Gasteiger charge is -2.10. The summed E-state index contributed by atoms with van der Waals surface area (Å²) < 4.78 is 71.3. The number of alkyl halides is 4. The van der Waals surface area contributed by atoms with E-state index < -0.39 is 47.5 Å². The summed E-state index contributed by atoms with van der Waals surface area (Å²) in [6.07, 6.45) is -4.87. The number of hydrogen-bond acceptors (Lipinski definition) is 6. The molecule has 0 atom stereocenters. The average Bonchev–Trinajstić information content (AvgIpc) is 3.26. The normalized spacial score (nSPS) is 11.3. The van der Waals surface area contributed by atoms with E-state index in [-0.39, 0.29) is 28.3 Å². The van der Waals surface area contributed by atoms with Crippen LogP contribution in [-0.2, 0) is 0 Å². The minimum absolute atomic E-state index is 0.0189. The SMILES string of the molecule is O=C(Nc1cc(OCC(F)F)cc([N+](=O)[O-])c1)c1cnn2c(C(F)F)cc(-c3ccc(F)cc3)nc12. The molecule has 1 amide bonds. The maximum absolute atomic E-state index is 13.7. The zero-order valence-electron chi connectivity index (χ0n) is 17.9. The first-order valence-corrected chi connectivity index (χ1v) is 10.1. The third-order valence-electron chi connectivity index (χ3n) is 4.84. The molecule has 0 aliphatic rings. The van der Waals surface area contributed by atoms with Gasteiger partial charge in [-0.3, -0.25) is 14.9 Å². The molecule has 2 heterocycles. The highest BCUT2D eigenvalue weighted by atomic mass is 19.3. The standard InChI is InChI=1S/C22H14F5N5O4/c23-12-3-1-11(2-4-12)17-8-18(20(26)27)31-21(30-17)16(9-28-31)22(33)29-13-5-14(32(34)35)7-15(6-13)36-10-19(24)25/h1-9,19-20H,10H2,(H,29,33). The number of non-ortho nitro benzene ring substituents is 1. The molecule has 0 aliphatic carbocycles. The molecule has 2 aromatic carbocycles. The van der Waals surface area contributed by atoms with Crippen molar-refractivity contribution in [2.45, 2.75) is 12.9 Å². The molecule has 186 valence electrons. The molecule has 0 bridgehead atoms.